The number of benzene rings is 1. The molecule has 0 bridgehead atoms. The van der Waals surface area contributed by atoms with Crippen LogP contribution in [0.15, 0.2) is 24.3 Å². The van der Waals surface area contributed by atoms with Crippen LogP contribution in [0.5, 0.6) is 0 Å². The minimum atomic E-state index is -0.846. The molecule has 2 N–H and O–H groups in total. The number of anilines is 1. The summed E-state index contributed by atoms with van der Waals surface area (Å²) < 4.78 is 4.78. The van der Waals surface area contributed by atoms with Crippen LogP contribution in [-0.2, 0) is 4.74 Å². The Morgan fingerprint density at radius 3 is 2.95 bits per heavy atom. The maximum atomic E-state index is 11.8. The first kappa shape index (κ1) is 13.4. The second kappa shape index (κ2) is 5.29. The summed E-state index contributed by atoms with van der Waals surface area (Å²) in [6, 6.07) is 9.40. The fourth-order valence-corrected chi connectivity index (χ4v) is 2.41. The largest absolute Gasteiger partial charge is 0.465 e. The molecular formula is C14H17N3O2. The van der Waals surface area contributed by atoms with Gasteiger partial charge in [-0.15, -0.1) is 0 Å². The number of para-hydroxylation sites is 1. The van der Waals surface area contributed by atoms with Crippen molar-refractivity contribution < 1.29 is 9.53 Å². The quantitative estimate of drug-likeness (QED) is 0.810. The van der Waals surface area contributed by atoms with Gasteiger partial charge in [0.15, 0.2) is 0 Å². The Labute approximate surface area is 112 Å². The molecule has 0 aromatic heterocycles. The van der Waals surface area contributed by atoms with E-state index < -0.39 is 5.54 Å². The summed E-state index contributed by atoms with van der Waals surface area (Å²) in [6.07, 6.45) is 1.51. The van der Waals surface area contributed by atoms with Gasteiger partial charge in [0.1, 0.15) is 5.54 Å². The molecular weight excluding hydrogens is 242 g/mol. The topological polar surface area (TPSA) is 79.3 Å². The summed E-state index contributed by atoms with van der Waals surface area (Å²) in [4.78, 5) is 13.7. The summed E-state index contributed by atoms with van der Waals surface area (Å²) in [5.74, 6) is -0.374. The van der Waals surface area contributed by atoms with Gasteiger partial charge < -0.3 is 15.4 Å². The van der Waals surface area contributed by atoms with Crippen LogP contribution >= 0.6 is 0 Å². The number of ether oxygens (including phenoxy) is 1. The van der Waals surface area contributed by atoms with Crippen LogP contribution in [0.3, 0.4) is 0 Å². The molecule has 1 aliphatic heterocycles. The first-order valence-corrected chi connectivity index (χ1v) is 6.22. The Bertz CT molecular complexity index is 524. The predicted octanol–water partition coefficient (Wildman–Crippen LogP) is 1.29. The SMILES string of the molecule is COC(=O)c1ccccc1N1CCCC(N)(C#N)C1. The van der Waals surface area contributed by atoms with E-state index in [-0.39, 0.29) is 5.97 Å². The lowest BCUT2D eigenvalue weighted by molar-refractivity contribution is 0.0601. The van der Waals surface area contributed by atoms with Gasteiger partial charge in [0.2, 0.25) is 0 Å². The monoisotopic (exact) mass is 259 g/mol. The molecule has 1 aromatic rings. The highest BCUT2D eigenvalue weighted by molar-refractivity contribution is 5.95. The predicted molar refractivity (Wildman–Crippen MR) is 71.8 cm³/mol. The van der Waals surface area contributed by atoms with E-state index in [1.807, 2.05) is 17.0 Å². The van der Waals surface area contributed by atoms with Gasteiger partial charge in [0.05, 0.1) is 24.4 Å². The molecule has 1 unspecified atom stereocenters. The average Bonchev–Trinajstić information content (AvgIpc) is 2.46. The van der Waals surface area contributed by atoms with Gasteiger partial charge in [0, 0.05) is 13.1 Å². The molecule has 100 valence electrons. The van der Waals surface area contributed by atoms with Gasteiger partial charge in [-0.05, 0) is 25.0 Å². The number of methoxy groups -OCH3 is 1. The molecule has 5 nitrogen and oxygen atoms in total. The number of hydrogen-bond acceptors (Lipinski definition) is 5. The zero-order valence-electron chi connectivity index (χ0n) is 10.9. The highest BCUT2D eigenvalue weighted by Gasteiger charge is 2.33. The van der Waals surface area contributed by atoms with Crippen molar-refractivity contribution in [3.8, 4) is 6.07 Å². The number of carbonyl (C=O) groups excluding carboxylic acids is 1. The highest BCUT2D eigenvalue weighted by atomic mass is 16.5. The minimum absolute atomic E-state index is 0.374. The molecule has 1 atom stereocenters. The number of hydrogen-bond donors (Lipinski definition) is 1. The van der Waals surface area contributed by atoms with Crippen LogP contribution in [0.2, 0.25) is 0 Å². The Hall–Kier alpha value is -2.06. The van der Waals surface area contributed by atoms with Gasteiger partial charge in [0.25, 0.3) is 0 Å². The van der Waals surface area contributed by atoms with Crippen molar-refractivity contribution in [1.29, 1.82) is 5.26 Å². The summed E-state index contributed by atoms with van der Waals surface area (Å²) in [5, 5.41) is 9.15. The van der Waals surface area contributed by atoms with E-state index in [0.29, 0.717) is 18.5 Å². The van der Waals surface area contributed by atoms with E-state index >= 15 is 0 Å². The molecule has 1 heterocycles. The van der Waals surface area contributed by atoms with Crippen LogP contribution < -0.4 is 10.6 Å². The summed E-state index contributed by atoms with van der Waals surface area (Å²) >= 11 is 0. The average molecular weight is 259 g/mol. The van der Waals surface area contributed by atoms with Crippen LogP contribution in [0.4, 0.5) is 5.69 Å². The van der Waals surface area contributed by atoms with Gasteiger partial charge in [-0.25, -0.2) is 4.79 Å². The lowest BCUT2D eigenvalue weighted by atomic mass is 9.91. The normalized spacial score (nSPS) is 22.7. The van der Waals surface area contributed by atoms with Crippen LogP contribution in [-0.4, -0.2) is 31.7 Å². The zero-order chi connectivity index (χ0) is 13.9. The first-order chi connectivity index (χ1) is 9.09. The summed E-state index contributed by atoms with van der Waals surface area (Å²) in [7, 11) is 1.36. The van der Waals surface area contributed by atoms with Gasteiger partial charge >= 0.3 is 5.97 Å². The standard InChI is InChI=1S/C14H17N3O2/c1-19-13(18)11-5-2-3-6-12(11)17-8-4-7-14(16,9-15)10-17/h2-3,5-6H,4,7-8,10,16H2,1H3. The van der Waals surface area contributed by atoms with E-state index in [1.54, 1.807) is 12.1 Å². The molecule has 0 amide bonds. The van der Waals surface area contributed by atoms with Gasteiger partial charge in [-0.2, -0.15) is 5.26 Å². The molecule has 1 saturated heterocycles. The number of piperidine rings is 1. The third kappa shape index (κ3) is 2.69. The Balaban J connectivity index is 2.32. The number of nitriles is 1. The Kier molecular flexibility index (Phi) is 3.72. The third-order valence-corrected chi connectivity index (χ3v) is 3.40. The lowest BCUT2D eigenvalue weighted by Crippen LogP contribution is -2.53. The number of nitrogens with zero attached hydrogens (tertiary/aromatic N) is 2. The molecule has 1 aliphatic rings. The van der Waals surface area contributed by atoms with E-state index in [2.05, 4.69) is 6.07 Å². The molecule has 0 saturated carbocycles. The molecule has 0 spiro atoms. The molecule has 5 heteroatoms. The maximum Gasteiger partial charge on any atom is 0.339 e. The fourth-order valence-electron chi connectivity index (χ4n) is 2.41. The van der Waals surface area contributed by atoms with E-state index in [4.69, 9.17) is 15.7 Å². The molecule has 0 aliphatic carbocycles. The number of esters is 1. The van der Waals surface area contributed by atoms with E-state index in [1.165, 1.54) is 7.11 Å². The number of rotatable bonds is 2. The summed E-state index contributed by atoms with van der Waals surface area (Å²) in [5.41, 5.74) is 6.46. The van der Waals surface area contributed by atoms with Crippen molar-refractivity contribution in [1.82, 2.24) is 0 Å². The molecule has 1 fully saturated rings. The first-order valence-electron chi connectivity index (χ1n) is 6.22. The zero-order valence-corrected chi connectivity index (χ0v) is 10.9. The van der Waals surface area contributed by atoms with Gasteiger partial charge in [-0.3, -0.25) is 0 Å². The highest BCUT2D eigenvalue weighted by Crippen LogP contribution is 2.27. The van der Waals surface area contributed by atoms with Crippen LogP contribution in [0.1, 0.15) is 23.2 Å². The van der Waals surface area contributed by atoms with Crippen molar-refractivity contribution in [2.75, 3.05) is 25.1 Å². The van der Waals surface area contributed by atoms with E-state index in [0.717, 1.165) is 18.7 Å². The third-order valence-electron chi connectivity index (χ3n) is 3.40. The number of carbonyl (C=O) groups is 1. The van der Waals surface area contributed by atoms with Crippen molar-refractivity contribution in [2.45, 2.75) is 18.4 Å². The molecule has 19 heavy (non-hydrogen) atoms. The Morgan fingerprint density at radius 2 is 2.26 bits per heavy atom. The number of nitrogens with two attached hydrogens (primary N) is 1. The van der Waals surface area contributed by atoms with Crippen molar-refractivity contribution in [3.63, 3.8) is 0 Å². The lowest BCUT2D eigenvalue weighted by Gasteiger charge is -2.37. The second-order valence-electron chi connectivity index (χ2n) is 4.80. The second-order valence-corrected chi connectivity index (χ2v) is 4.80. The maximum absolute atomic E-state index is 11.8. The summed E-state index contributed by atoms with van der Waals surface area (Å²) in [6.45, 7) is 1.21. The van der Waals surface area contributed by atoms with Crippen LogP contribution in [0.25, 0.3) is 0 Å². The molecule has 0 radical (unpaired) electrons. The van der Waals surface area contributed by atoms with Crippen LogP contribution in [0, 0.1) is 11.3 Å². The molecule has 2 rings (SSSR count). The molecule has 1 aromatic carbocycles. The van der Waals surface area contributed by atoms with Crippen molar-refractivity contribution in [3.05, 3.63) is 29.8 Å². The minimum Gasteiger partial charge on any atom is -0.465 e. The van der Waals surface area contributed by atoms with Crippen molar-refractivity contribution in [2.24, 2.45) is 5.73 Å². The van der Waals surface area contributed by atoms with Gasteiger partial charge in [-0.1, -0.05) is 12.1 Å². The van der Waals surface area contributed by atoms with Crippen molar-refractivity contribution >= 4 is 11.7 Å². The van der Waals surface area contributed by atoms with E-state index in [9.17, 15) is 4.79 Å². The smallest absolute Gasteiger partial charge is 0.339 e. The Morgan fingerprint density at radius 1 is 1.53 bits per heavy atom. The fraction of sp³-hybridized carbons (Fsp3) is 0.429.